The number of benzene rings is 1. The molecular weight excluding hydrogens is 352 g/mol. The number of hydrogen-bond donors (Lipinski definition) is 3. The van der Waals surface area contributed by atoms with Crippen LogP contribution in [0.5, 0.6) is 0 Å². The topological polar surface area (TPSA) is 108 Å². The van der Waals surface area contributed by atoms with E-state index < -0.39 is 0 Å². The van der Waals surface area contributed by atoms with Crippen molar-refractivity contribution in [2.24, 2.45) is 5.73 Å². The number of pyridine rings is 1. The Morgan fingerprint density at radius 2 is 1.96 bits per heavy atom. The van der Waals surface area contributed by atoms with Crippen molar-refractivity contribution in [2.45, 2.75) is 26.3 Å². The molecule has 2 aromatic heterocycles. The first kappa shape index (κ1) is 19.4. The number of rotatable bonds is 5. The molecule has 0 unspecified atom stereocenters. The molecule has 0 saturated heterocycles. The van der Waals surface area contributed by atoms with Crippen molar-refractivity contribution >= 4 is 17.4 Å². The van der Waals surface area contributed by atoms with Crippen molar-refractivity contribution in [1.29, 1.82) is 5.26 Å². The average Bonchev–Trinajstić information content (AvgIpc) is 3.02. The van der Waals surface area contributed by atoms with Gasteiger partial charge in [0.15, 0.2) is 0 Å². The van der Waals surface area contributed by atoms with E-state index in [1.165, 1.54) is 0 Å². The Kier molecular flexibility index (Phi) is 5.34. The normalized spacial score (nSPS) is 11.2. The third kappa shape index (κ3) is 4.13. The zero-order chi connectivity index (χ0) is 20.3. The standard InChI is InChI=1S/C21H24N6O/c1-21(2,3)26-19-18(15-6-4-14(13-23)5-7-15)25-17-12-16(8-11-27(17)19)20(28)24-10-9-22/h4-8,11-12,26H,9-10,22H2,1-3H3,(H,24,28). The minimum Gasteiger partial charge on any atom is -0.365 e. The zero-order valence-electron chi connectivity index (χ0n) is 16.3. The number of hydrogen-bond acceptors (Lipinski definition) is 5. The number of fused-ring (bicyclic) bond motifs is 1. The number of nitrogens with one attached hydrogen (secondary N) is 2. The molecule has 0 aliphatic heterocycles. The third-order valence-corrected chi connectivity index (χ3v) is 4.10. The van der Waals surface area contributed by atoms with Gasteiger partial charge in [0, 0.05) is 36.0 Å². The van der Waals surface area contributed by atoms with Gasteiger partial charge in [-0.2, -0.15) is 5.26 Å². The minimum atomic E-state index is -0.186. The lowest BCUT2D eigenvalue weighted by atomic mass is 10.1. The molecule has 0 saturated carbocycles. The highest BCUT2D eigenvalue weighted by atomic mass is 16.1. The first-order valence-electron chi connectivity index (χ1n) is 9.11. The van der Waals surface area contributed by atoms with Crippen molar-refractivity contribution in [3.63, 3.8) is 0 Å². The van der Waals surface area contributed by atoms with Crippen LogP contribution in [0.1, 0.15) is 36.7 Å². The summed E-state index contributed by atoms with van der Waals surface area (Å²) in [6, 6.07) is 12.9. The Hall–Kier alpha value is -3.37. The SMILES string of the molecule is CC(C)(C)Nc1c(-c2ccc(C#N)cc2)nc2cc(C(=O)NCCN)ccn12. The average molecular weight is 376 g/mol. The van der Waals surface area contributed by atoms with Gasteiger partial charge in [-0.1, -0.05) is 12.1 Å². The summed E-state index contributed by atoms with van der Waals surface area (Å²) in [6.45, 7) is 7.03. The Bertz CT molecular complexity index is 1040. The fourth-order valence-electron chi connectivity index (χ4n) is 2.85. The van der Waals surface area contributed by atoms with Crippen LogP contribution < -0.4 is 16.4 Å². The summed E-state index contributed by atoms with van der Waals surface area (Å²) in [5.41, 5.74) is 8.70. The summed E-state index contributed by atoms with van der Waals surface area (Å²) < 4.78 is 1.93. The second-order valence-corrected chi connectivity index (χ2v) is 7.56. The largest absolute Gasteiger partial charge is 0.365 e. The lowest BCUT2D eigenvalue weighted by molar-refractivity contribution is 0.0954. The van der Waals surface area contributed by atoms with Crippen LogP contribution in [0.2, 0.25) is 0 Å². The molecule has 0 bridgehead atoms. The van der Waals surface area contributed by atoms with Gasteiger partial charge in [-0.15, -0.1) is 0 Å². The number of amides is 1. The third-order valence-electron chi connectivity index (χ3n) is 4.10. The number of aromatic nitrogens is 2. The number of anilines is 1. The van der Waals surface area contributed by atoms with E-state index in [4.69, 9.17) is 16.0 Å². The summed E-state index contributed by atoms with van der Waals surface area (Å²) in [7, 11) is 0. The van der Waals surface area contributed by atoms with E-state index in [2.05, 4.69) is 37.5 Å². The summed E-state index contributed by atoms with van der Waals surface area (Å²) >= 11 is 0. The van der Waals surface area contributed by atoms with Crippen LogP contribution >= 0.6 is 0 Å². The van der Waals surface area contributed by atoms with E-state index in [-0.39, 0.29) is 11.4 Å². The number of nitriles is 1. The molecule has 0 fully saturated rings. The lowest BCUT2D eigenvalue weighted by Crippen LogP contribution is -2.29. The molecule has 144 valence electrons. The Morgan fingerprint density at radius 3 is 2.57 bits per heavy atom. The van der Waals surface area contributed by atoms with Gasteiger partial charge < -0.3 is 16.4 Å². The number of imidazole rings is 1. The smallest absolute Gasteiger partial charge is 0.251 e. The summed E-state index contributed by atoms with van der Waals surface area (Å²) in [4.78, 5) is 17.0. The molecule has 3 rings (SSSR count). The number of carbonyl (C=O) groups is 1. The van der Waals surface area contributed by atoms with Gasteiger partial charge in [-0.25, -0.2) is 4.98 Å². The highest BCUT2D eigenvalue weighted by Gasteiger charge is 2.20. The molecule has 0 aliphatic carbocycles. The van der Waals surface area contributed by atoms with Crippen molar-refractivity contribution in [2.75, 3.05) is 18.4 Å². The van der Waals surface area contributed by atoms with E-state index in [0.717, 1.165) is 17.1 Å². The summed E-state index contributed by atoms with van der Waals surface area (Å²) in [6.07, 6.45) is 1.83. The van der Waals surface area contributed by atoms with E-state index in [1.54, 1.807) is 24.3 Å². The van der Waals surface area contributed by atoms with Crippen LogP contribution in [0, 0.1) is 11.3 Å². The maximum atomic E-state index is 12.3. The fraction of sp³-hybridized carbons (Fsp3) is 0.286. The van der Waals surface area contributed by atoms with Gasteiger partial charge in [-0.3, -0.25) is 9.20 Å². The molecule has 0 radical (unpaired) electrons. The lowest BCUT2D eigenvalue weighted by Gasteiger charge is -2.22. The highest BCUT2D eigenvalue weighted by molar-refractivity contribution is 5.95. The second kappa shape index (κ2) is 7.71. The van der Waals surface area contributed by atoms with Crippen molar-refractivity contribution < 1.29 is 4.79 Å². The first-order valence-corrected chi connectivity index (χ1v) is 9.11. The molecular formula is C21H24N6O. The van der Waals surface area contributed by atoms with Gasteiger partial charge in [0.05, 0.1) is 11.6 Å². The Balaban J connectivity index is 2.11. The van der Waals surface area contributed by atoms with E-state index in [1.807, 2.05) is 22.7 Å². The molecule has 0 atom stereocenters. The summed E-state index contributed by atoms with van der Waals surface area (Å²) in [5, 5.41) is 15.3. The molecule has 7 heteroatoms. The van der Waals surface area contributed by atoms with E-state index in [9.17, 15) is 4.79 Å². The molecule has 28 heavy (non-hydrogen) atoms. The van der Waals surface area contributed by atoms with Crippen LogP contribution in [0.4, 0.5) is 5.82 Å². The van der Waals surface area contributed by atoms with Gasteiger partial charge in [-0.05, 0) is 45.0 Å². The maximum Gasteiger partial charge on any atom is 0.251 e. The van der Waals surface area contributed by atoms with Gasteiger partial charge in [0.2, 0.25) is 0 Å². The molecule has 1 aromatic carbocycles. The number of nitrogens with zero attached hydrogens (tertiary/aromatic N) is 3. The number of carbonyl (C=O) groups excluding carboxylic acids is 1. The van der Waals surface area contributed by atoms with Crippen LogP contribution in [-0.4, -0.2) is 33.9 Å². The monoisotopic (exact) mass is 376 g/mol. The highest BCUT2D eigenvalue weighted by Crippen LogP contribution is 2.31. The molecule has 0 aliphatic rings. The molecule has 3 aromatic rings. The van der Waals surface area contributed by atoms with Gasteiger partial charge in [0.25, 0.3) is 5.91 Å². The van der Waals surface area contributed by atoms with Crippen LogP contribution in [0.15, 0.2) is 42.6 Å². The van der Waals surface area contributed by atoms with Crippen molar-refractivity contribution in [3.8, 4) is 17.3 Å². The zero-order valence-corrected chi connectivity index (χ0v) is 16.3. The molecule has 2 heterocycles. The quantitative estimate of drug-likeness (QED) is 0.634. The fourth-order valence-corrected chi connectivity index (χ4v) is 2.85. The van der Waals surface area contributed by atoms with Crippen LogP contribution in [0.25, 0.3) is 16.9 Å². The van der Waals surface area contributed by atoms with Gasteiger partial charge in [0.1, 0.15) is 17.2 Å². The second-order valence-electron chi connectivity index (χ2n) is 7.56. The molecule has 1 amide bonds. The Morgan fingerprint density at radius 1 is 1.25 bits per heavy atom. The van der Waals surface area contributed by atoms with Gasteiger partial charge >= 0.3 is 0 Å². The predicted molar refractivity (Wildman–Crippen MR) is 110 cm³/mol. The first-order chi connectivity index (χ1) is 13.3. The molecule has 0 spiro atoms. The maximum absolute atomic E-state index is 12.3. The van der Waals surface area contributed by atoms with Crippen molar-refractivity contribution in [1.82, 2.24) is 14.7 Å². The minimum absolute atomic E-state index is 0.179. The molecule has 7 nitrogen and oxygen atoms in total. The Labute approximate surface area is 164 Å². The number of nitrogens with two attached hydrogens (primary N) is 1. The van der Waals surface area contributed by atoms with Crippen molar-refractivity contribution in [3.05, 3.63) is 53.7 Å². The predicted octanol–water partition coefficient (Wildman–Crippen LogP) is 2.77. The molecule has 4 N–H and O–H groups in total. The summed E-state index contributed by atoms with van der Waals surface area (Å²) in [5.74, 6) is 0.655. The van der Waals surface area contributed by atoms with E-state index >= 15 is 0 Å². The van der Waals surface area contributed by atoms with Crippen LogP contribution in [0.3, 0.4) is 0 Å². The van der Waals surface area contributed by atoms with E-state index in [0.29, 0.717) is 29.9 Å². The van der Waals surface area contributed by atoms with Crippen LogP contribution in [-0.2, 0) is 0 Å².